The molecule has 0 bridgehead atoms. The smallest absolute Gasteiger partial charge is 0.250 e. The van der Waals surface area contributed by atoms with Gasteiger partial charge in [-0.2, -0.15) is 0 Å². The van der Waals surface area contributed by atoms with Crippen LogP contribution in [0.3, 0.4) is 0 Å². The summed E-state index contributed by atoms with van der Waals surface area (Å²) in [6.45, 7) is 2.26. The number of rotatable bonds is 5. The van der Waals surface area contributed by atoms with Crippen molar-refractivity contribution in [2.75, 3.05) is 6.54 Å². The van der Waals surface area contributed by atoms with E-state index in [4.69, 9.17) is 0 Å². The molecule has 1 N–H and O–H groups in total. The molecule has 2 aromatic heterocycles. The number of fused-ring (bicyclic) bond motifs is 1. The molecule has 3 rings (SSSR count). The maximum Gasteiger partial charge on any atom is 0.250 e. The number of hydrogen-bond donors (Lipinski definition) is 1. The Morgan fingerprint density at radius 3 is 3.00 bits per heavy atom. The van der Waals surface area contributed by atoms with E-state index in [2.05, 4.69) is 10.3 Å². The molecule has 4 nitrogen and oxygen atoms in total. The van der Waals surface area contributed by atoms with Crippen LogP contribution in [-0.2, 0) is 25.9 Å². The van der Waals surface area contributed by atoms with Gasteiger partial charge in [-0.3, -0.25) is 9.78 Å². The van der Waals surface area contributed by atoms with E-state index in [1.165, 1.54) is 17.7 Å². The summed E-state index contributed by atoms with van der Waals surface area (Å²) in [6, 6.07) is 9.58. The molecule has 0 amide bonds. The first-order valence-corrected chi connectivity index (χ1v) is 7.17. The second-order valence-corrected chi connectivity index (χ2v) is 5.15. The summed E-state index contributed by atoms with van der Waals surface area (Å²) in [5.74, 6) is 0. The van der Waals surface area contributed by atoms with Crippen molar-refractivity contribution in [3.63, 3.8) is 0 Å². The summed E-state index contributed by atoms with van der Waals surface area (Å²) in [5, 5.41) is 3.35. The Hall–Kier alpha value is -1.94. The van der Waals surface area contributed by atoms with Gasteiger partial charge < -0.3 is 9.88 Å². The maximum atomic E-state index is 12.0. The zero-order valence-electron chi connectivity index (χ0n) is 11.5. The van der Waals surface area contributed by atoms with Crippen molar-refractivity contribution in [3.8, 4) is 0 Å². The van der Waals surface area contributed by atoms with Gasteiger partial charge in [-0.25, -0.2) is 0 Å². The molecule has 4 heteroatoms. The molecule has 0 unspecified atom stereocenters. The highest BCUT2D eigenvalue weighted by atomic mass is 16.1. The lowest BCUT2D eigenvalue weighted by molar-refractivity contribution is 0.565. The van der Waals surface area contributed by atoms with E-state index >= 15 is 0 Å². The van der Waals surface area contributed by atoms with Gasteiger partial charge in [0.15, 0.2) is 0 Å². The number of aryl methyl sites for hydroxylation is 1. The molecule has 0 aromatic carbocycles. The molecular formula is C16H19N3O. The molecular weight excluding hydrogens is 250 g/mol. The Balaban J connectivity index is 1.59. The van der Waals surface area contributed by atoms with Gasteiger partial charge in [0.2, 0.25) is 0 Å². The van der Waals surface area contributed by atoms with Crippen molar-refractivity contribution in [2.45, 2.75) is 32.4 Å². The summed E-state index contributed by atoms with van der Waals surface area (Å²) < 4.78 is 1.92. The van der Waals surface area contributed by atoms with Gasteiger partial charge in [0.05, 0.1) is 5.69 Å². The summed E-state index contributed by atoms with van der Waals surface area (Å²) >= 11 is 0. The molecule has 0 fully saturated rings. The van der Waals surface area contributed by atoms with Crippen LogP contribution in [-0.4, -0.2) is 16.1 Å². The first kappa shape index (κ1) is 13.1. The number of hydrogen-bond acceptors (Lipinski definition) is 3. The Bertz CT molecular complexity index is 634. The lowest BCUT2D eigenvalue weighted by Crippen LogP contribution is -2.28. The molecule has 1 aliphatic rings. The minimum absolute atomic E-state index is 0.116. The van der Waals surface area contributed by atoms with Crippen LogP contribution in [0.1, 0.15) is 23.4 Å². The number of nitrogens with one attached hydrogen (secondary N) is 1. The van der Waals surface area contributed by atoms with Gasteiger partial charge in [0.1, 0.15) is 0 Å². The fourth-order valence-corrected chi connectivity index (χ4v) is 2.79. The van der Waals surface area contributed by atoms with Crippen LogP contribution < -0.4 is 10.9 Å². The third-order valence-electron chi connectivity index (χ3n) is 3.79. The normalized spacial score (nSPS) is 13.4. The molecule has 0 spiro atoms. The van der Waals surface area contributed by atoms with Gasteiger partial charge in [-0.1, -0.05) is 12.1 Å². The molecule has 0 aliphatic heterocycles. The van der Waals surface area contributed by atoms with Crippen LogP contribution in [0.5, 0.6) is 0 Å². The van der Waals surface area contributed by atoms with Crippen LogP contribution in [0.25, 0.3) is 0 Å². The summed E-state index contributed by atoms with van der Waals surface area (Å²) in [5.41, 5.74) is 3.72. The van der Waals surface area contributed by atoms with Gasteiger partial charge in [-0.15, -0.1) is 0 Å². The van der Waals surface area contributed by atoms with E-state index in [9.17, 15) is 4.79 Å². The molecule has 1 aliphatic carbocycles. The summed E-state index contributed by atoms with van der Waals surface area (Å²) in [4.78, 5) is 16.2. The Morgan fingerprint density at radius 1 is 1.20 bits per heavy atom. The quantitative estimate of drug-likeness (QED) is 0.837. The topological polar surface area (TPSA) is 46.9 Å². The minimum atomic E-state index is 0.116. The van der Waals surface area contributed by atoms with Gasteiger partial charge in [0.25, 0.3) is 5.56 Å². The van der Waals surface area contributed by atoms with Crippen molar-refractivity contribution in [1.82, 2.24) is 14.9 Å². The standard InChI is InChI=1S/C16H19N3O/c20-16-8-7-13-4-3-6-15(13)19(16)11-10-17-12-14-5-1-2-9-18-14/h1-2,5,7-9,17H,3-4,6,10-12H2. The van der Waals surface area contributed by atoms with E-state index in [1.54, 1.807) is 12.3 Å². The Morgan fingerprint density at radius 2 is 2.15 bits per heavy atom. The van der Waals surface area contributed by atoms with Crippen molar-refractivity contribution >= 4 is 0 Å². The van der Waals surface area contributed by atoms with Crippen LogP contribution in [0, 0.1) is 0 Å². The van der Waals surface area contributed by atoms with Gasteiger partial charge in [0, 0.05) is 37.6 Å². The average molecular weight is 269 g/mol. The van der Waals surface area contributed by atoms with Gasteiger partial charge >= 0.3 is 0 Å². The molecule has 0 radical (unpaired) electrons. The maximum absolute atomic E-state index is 12.0. The van der Waals surface area contributed by atoms with Crippen molar-refractivity contribution in [1.29, 1.82) is 0 Å². The van der Waals surface area contributed by atoms with Crippen LogP contribution >= 0.6 is 0 Å². The number of nitrogens with zero attached hydrogens (tertiary/aromatic N) is 2. The van der Waals surface area contributed by atoms with Crippen LogP contribution in [0.4, 0.5) is 0 Å². The van der Waals surface area contributed by atoms with E-state index < -0.39 is 0 Å². The zero-order chi connectivity index (χ0) is 13.8. The molecule has 0 atom stereocenters. The Labute approximate surface area is 118 Å². The molecule has 0 saturated carbocycles. The predicted molar refractivity (Wildman–Crippen MR) is 78.7 cm³/mol. The second-order valence-electron chi connectivity index (χ2n) is 5.15. The molecule has 2 aromatic rings. The predicted octanol–water partition coefficient (Wildman–Crippen LogP) is 1.52. The van der Waals surface area contributed by atoms with E-state index in [1.807, 2.05) is 28.8 Å². The summed E-state index contributed by atoms with van der Waals surface area (Å²) in [7, 11) is 0. The minimum Gasteiger partial charge on any atom is -0.311 e. The van der Waals surface area contributed by atoms with Crippen molar-refractivity contribution in [3.05, 3.63) is 63.8 Å². The number of pyridine rings is 2. The molecule has 20 heavy (non-hydrogen) atoms. The Kier molecular flexibility index (Phi) is 3.92. The largest absolute Gasteiger partial charge is 0.311 e. The van der Waals surface area contributed by atoms with E-state index in [0.29, 0.717) is 0 Å². The highest BCUT2D eigenvalue weighted by Gasteiger charge is 2.15. The zero-order valence-corrected chi connectivity index (χ0v) is 11.5. The summed E-state index contributed by atoms with van der Waals surface area (Å²) in [6.07, 6.45) is 5.11. The number of aromatic nitrogens is 2. The van der Waals surface area contributed by atoms with Crippen molar-refractivity contribution < 1.29 is 0 Å². The lowest BCUT2D eigenvalue weighted by atomic mass is 10.2. The van der Waals surface area contributed by atoms with E-state index in [0.717, 1.165) is 38.2 Å². The first-order chi connectivity index (χ1) is 9.84. The fraction of sp³-hybridized carbons (Fsp3) is 0.375. The third-order valence-corrected chi connectivity index (χ3v) is 3.79. The lowest BCUT2D eigenvalue weighted by Gasteiger charge is -2.12. The molecule has 104 valence electrons. The van der Waals surface area contributed by atoms with Crippen LogP contribution in [0.2, 0.25) is 0 Å². The van der Waals surface area contributed by atoms with Gasteiger partial charge in [-0.05, 0) is 37.0 Å². The SMILES string of the molecule is O=c1ccc2c(n1CCNCc1ccccn1)CCC2. The molecule has 2 heterocycles. The first-order valence-electron chi connectivity index (χ1n) is 7.17. The highest BCUT2D eigenvalue weighted by molar-refractivity contribution is 5.25. The fourth-order valence-electron chi connectivity index (χ4n) is 2.79. The highest BCUT2D eigenvalue weighted by Crippen LogP contribution is 2.19. The monoisotopic (exact) mass is 269 g/mol. The van der Waals surface area contributed by atoms with Crippen LogP contribution in [0.15, 0.2) is 41.3 Å². The average Bonchev–Trinajstić information content (AvgIpc) is 2.95. The third kappa shape index (κ3) is 2.80. The molecule has 0 saturated heterocycles. The second kappa shape index (κ2) is 6.01. The van der Waals surface area contributed by atoms with Crippen molar-refractivity contribution in [2.24, 2.45) is 0 Å². The van der Waals surface area contributed by atoms with E-state index in [-0.39, 0.29) is 5.56 Å².